The summed E-state index contributed by atoms with van der Waals surface area (Å²) in [6.45, 7) is 1.87. The van der Waals surface area contributed by atoms with E-state index in [0.29, 0.717) is 37.6 Å². The number of nitrogens with zero attached hydrogens (tertiary/aromatic N) is 2. The molecule has 2 aromatic carbocycles. The fourth-order valence-corrected chi connectivity index (χ4v) is 4.37. The molecular formula is C21H16Cl2N4O2S. The van der Waals surface area contributed by atoms with Crippen molar-refractivity contribution in [2.45, 2.75) is 12.1 Å². The number of amides is 1. The minimum absolute atomic E-state index is 0.0539. The summed E-state index contributed by atoms with van der Waals surface area (Å²) in [5, 5.41) is 4.04. The number of fused-ring (bicyclic) bond motifs is 1. The van der Waals surface area contributed by atoms with E-state index in [1.807, 2.05) is 43.3 Å². The van der Waals surface area contributed by atoms with Crippen molar-refractivity contribution in [3.8, 4) is 5.69 Å². The third-order valence-corrected chi connectivity index (χ3v) is 5.62. The number of rotatable bonds is 5. The highest BCUT2D eigenvalue weighted by Crippen LogP contribution is 2.24. The summed E-state index contributed by atoms with van der Waals surface area (Å²) < 4.78 is 1.51. The van der Waals surface area contributed by atoms with Crippen LogP contribution in [0.25, 0.3) is 16.7 Å². The Kier molecular flexibility index (Phi) is 5.85. The maximum Gasteiger partial charge on any atom is 0.283 e. The van der Waals surface area contributed by atoms with E-state index in [1.54, 1.807) is 18.2 Å². The van der Waals surface area contributed by atoms with Gasteiger partial charge in [-0.1, -0.05) is 53.2 Å². The highest BCUT2D eigenvalue weighted by molar-refractivity contribution is 7.99. The summed E-state index contributed by atoms with van der Waals surface area (Å²) in [6.07, 6.45) is 0. The Hall–Kier alpha value is -2.74. The zero-order valence-corrected chi connectivity index (χ0v) is 18.1. The molecule has 0 bridgehead atoms. The SMILES string of the molecule is Cc1cc2nc(SCC(=O)Nc3cc(Cl)cc(Cl)c3)n(-c3ccccc3)c(=O)c2[nH]1. The van der Waals surface area contributed by atoms with Crippen molar-refractivity contribution in [1.29, 1.82) is 0 Å². The molecule has 2 N–H and O–H groups in total. The maximum atomic E-state index is 13.1. The van der Waals surface area contributed by atoms with Crippen molar-refractivity contribution in [3.05, 3.63) is 80.7 Å². The van der Waals surface area contributed by atoms with Gasteiger partial charge in [0, 0.05) is 21.4 Å². The molecule has 4 rings (SSSR count). The molecule has 0 radical (unpaired) electrons. The van der Waals surface area contributed by atoms with Crippen molar-refractivity contribution in [2.24, 2.45) is 0 Å². The first kappa shape index (κ1) is 20.5. The summed E-state index contributed by atoms with van der Waals surface area (Å²) >= 11 is 13.1. The number of hydrogen-bond acceptors (Lipinski definition) is 4. The van der Waals surface area contributed by atoms with Crippen LogP contribution in [0, 0.1) is 6.92 Å². The number of H-pyrrole nitrogens is 1. The van der Waals surface area contributed by atoms with Crippen LogP contribution in [0.3, 0.4) is 0 Å². The number of thioether (sulfide) groups is 1. The Morgan fingerprint density at radius 3 is 2.53 bits per heavy atom. The second kappa shape index (κ2) is 8.55. The van der Waals surface area contributed by atoms with Crippen LogP contribution in [-0.4, -0.2) is 26.2 Å². The Bertz CT molecular complexity index is 1280. The molecule has 152 valence electrons. The van der Waals surface area contributed by atoms with Crippen LogP contribution in [0.2, 0.25) is 10.0 Å². The van der Waals surface area contributed by atoms with Crippen LogP contribution in [0.5, 0.6) is 0 Å². The van der Waals surface area contributed by atoms with E-state index in [4.69, 9.17) is 23.2 Å². The highest BCUT2D eigenvalue weighted by atomic mass is 35.5. The van der Waals surface area contributed by atoms with Gasteiger partial charge in [-0.25, -0.2) is 4.98 Å². The highest BCUT2D eigenvalue weighted by Gasteiger charge is 2.16. The number of carbonyl (C=O) groups is 1. The molecule has 0 aliphatic heterocycles. The van der Waals surface area contributed by atoms with E-state index in [-0.39, 0.29) is 17.2 Å². The van der Waals surface area contributed by atoms with Gasteiger partial charge in [-0.3, -0.25) is 14.2 Å². The lowest BCUT2D eigenvalue weighted by Gasteiger charge is -2.12. The molecule has 0 unspecified atom stereocenters. The lowest BCUT2D eigenvalue weighted by Crippen LogP contribution is -2.23. The Morgan fingerprint density at radius 1 is 1.13 bits per heavy atom. The molecule has 0 atom stereocenters. The van der Waals surface area contributed by atoms with Gasteiger partial charge in [0.25, 0.3) is 5.56 Å². The smallest absolute Gasteiger partial charge is 0.283 e. The minimum Gasteiger partial charge on any atom is -0.353 e. The van der Waals surface area contributed by atoms with Gasteiger partial charge >= 0.3 is 0 Å². The fourth-order valence-electron chi connectivity index (χ4n) is 3.03. The topological polar surface area (TPSA) is 79.8 Å². The van der Waals surface area contributed by atoms with Crippen molar-refractivity contribution in [1.82, 2.24) is 14.5 Å². The molecule has 9 heteroatoms. The number of nitrogens with one attached hydrogen (secondary N) is 2. The molecule has 0 spiro atoms. The number of aromatic amines is 1. The van der Waals surface area contributed by atoms with Crippen molar-refractivity contribution < 1.29 is 4.79 Å². The lowest BCUT2D eigenvalue weighted by atomic mass is 10.3. The Morgan fingerprint density at radius 2 is 1.83 bits per heavy atom. The average Bonchev–Trinajstić information content (AvgIpc) is 3.07. The molecule has 2 heterocycles. The zero-order valence-electron chi connectivity index (χ0n) is 15.8. The number of carbonyl (C=O) groups excluding carboxylic acids is 1. The van der Waals surface area contributed by atoms with Crippen LogP contribution in [0.1, 0.15) is 5.69 Å². The van der Waals surface area contributed by atoms with E-state index in [0.717, 1.165) is 5.69 Å². The second-order valence-corrected chi connectivity index (χ2v) is 8.39. The Balaban J connectivity index is 1.64. The van der Waals surface area contributed by atoms with Gasteiger partial charge in [0.1, 0.15) is 5.52 Å². The van der Waals surface area contributed by atoms with Crippen LogP contribution in [-0.2, 0) is 4.79 Å². The van der Waals surface area contributed by atoms with Crippen LogP contribution >= 0.6 is 35.0 Å². The first-order chi connectivity index (χ1) is 14.4. The summed E-state index contributed by atoms with van der Waals surface area (Å²) in [4.78, 5) is 33.3. The number of anilines is 1. The first-order valence-corrected chi connectivity index (χ1v) is 10.7. The zero-order chi connectivity index (χ0) is 21.3. The predicted molar refractivity (Wildman–Crippen MR) is 122 cm³/mol. The lowest BCUT2D eigenvalue weighted by molar-refractivity contribution is -0.113. The molecule has 2 aromatic heterocycles. The number of aromatic nitrogens is 3. The molecule has 0 saturated heterocycles. The van der Waals surface area contributed by atoms with Crippen LogP contribution in [0.4, 0.5) is 5.69 Å². The largest absolute Gasteiger partial charge is 0.353 e. The fraction of sp³-hybridized carbons (Fsp3) is 0.0952. The maximum absolute atomic E-state index is 13.1. The third-order valence-electron chi connectivity index (χ3n) is 4.25. The molecule has 0 aliphatic carbocycles. The summed E-state index contributed by atoms with van der Waals surface area (Å²) in [5.41, 5.74) is 2.79. The van der Waals surface area contributed by atoms with Gasteiger partial charge in [-0.2, -0.15) is 0 Å². The molecule has 0 saturated carbocycles. The van der Waals surface area contributed by atoms with E-state index >= 15 is 0 Å². The van der Waals surface area contributed by atoms with Gasteiger partial charge in [0.15, 0.2) is 5.16 Å². The molecule has 1 amide bonds. The van der Waals surface area contributed by atoms with Gasteiger partial charge in [0.2, 0.25) is 5.91 Å². The van der Waals surface area contributed by atoms with Gasteiger partial charge < -0.3 is 10.3 Å². The molecule has 0 aliphatic rings. The number of hydrogen-bond donors (Lipinski definition) is 2. The number of benzene rings is 2. The number of aryl methyl sites for hydroxylation is 1. The summed E-state index contributed by atoms with van der Waals surface area (Å²) in [5.74, 6) is -0.212. The molecular weight excluding hydrogens is 443 g/mol. The standard InChI is InChI=1S/C21H16Cl2N4O2S/c1-12-7-17-19(24-12)20(29)27(16-5-3-2-4-6-16)21(26-17)30-11-18(28)25-15-9-13(22)8-14(23)10-15/h2-10,24H,11H2,1H3,(H,25,28). The number of halogens is 2. The number of para-hydroxylation sites is 1. The summed E-state index contributed by atoms with van der Waals surface area (Å²) in [6, 6.07) is 15.8. The van der Waals surface area contributed by atoms with Crippen molar-refractivity contribution in [3.63, 3.8) is 0 Å². The monoisotopic (exact) mass is 458 g/mol. The molecule has 30 heavy (non-hydrogen) atoms. The molecule has 0 fully saturated rings. The normalized spacial score (nSPS) is 11.0. The van der Waals surface area contributed by atoms with Crippen LogP contribution < -0.4 is 10.9 Å². The average molecular weight is 459 g/mol. The minimum atomic E-state index is -0.266. The summed E-state index contributed by atoms with van der Waals surface area (Å²) in [7, 11) is 0. The van der Waals surface area contributed by atoms with Crippen molar-refractivity contribution >= 4 is 57.6 Å². The van der Waals surface area contributed by atoms with E-state index in [2.05, 4.69) is 15.3 Å². The molecule has 4 aromatic rings. The van der Waals surface area contributed by atoms with Gasteiger partial charge in [-0.15, -0.1) is 0 Å². The predicted octanol–water partition coefficient (Wildman–Crippen LogP) is 5.06. The van der Waals surface area contributed by atoms with Gasteiger partial charge in [-0.05, 0) is 43.3 Å². The quantitative estimate of drug-likeness (QED) is 0.323. The van der Waals surface area contributed by atoms with Gasteiger partial charge in [0.05, 0.1) is 17.0 Å². The molecule has 6 nitrogen and oxygen atoms in total. The second-order valence-electron chi connectivity index (χ2n) is 6.58. The van der Waals surface area contributed by atoms with E-state index in [9.17, 15) is 9.59 Å². The van der Waals surface area contributed by atoms with Crippen LogP contribution in [0.15, 0.2) is 64.5 Å². The van der Waals surface area contributed by atoms with E-state index < -0.39 is 0 Å². The Labute approximate surface area is 186 Å². The van der Waals surface area contributed by atoms with E-state index in [1.165, 1.54) is 16.3 Å². The van der Waals surface area contributed by atoms with Crippen molar-refractivity contribution in [2.75, 3.05) is 11.1 Å². The third kappa shape index (κ3) is 4.38. The first-order valence-electron chi connectivity index (χ1n) is 8.97.